The lowest BCUT2D eigenvalue weighted by Crippen LogP contribution is -2.45. The molecule has 9 heteroatoms. The van der Waals surface area contributed by atoms with Crippen molar-refractivity contribution in [1.29, 1.82) is 0 Å². The van der Waals surface area contributed by atoms with Gasteiger partial charge in [0.1, 0.15) is 13.2 Å². The van der Waals surface area contributed by atoms with Crippen LogP contribution in [0, 0.1) is 0 Å². The fraction of sp³-hybridized carbons (Fsp3) is 0.810. The first-order valence-corrected chi connectivity index (χ1v) is 39.4. The molecule has 2 N–H and O–H groups in total. The number of quaternary nitrogens is 1. The van der Waals surface area contributed by atoms with Crippen molar-refractivity contribution in [2.75, 3.05) is 40.9 Å². The maximum atomic E-state index is 13.1. The molecule has 3 atom stereocenters. The number of hydrogen-bond donors (Lipinski definition) is 2. The first kappa shape index (κ1) is 85.7. The molecule has 0 aromatic carbocycles. The molecule has 0 aromatic heterocycles. The zero-order valence-electron chi connectivity index (χ0n) is 58.9. The molecule has 0 spiro atoms. The van der Waals surface area contributed by atoms with Gasteiger partial charge in [0.2, 0.25) is 5.91 Å². The SMILES string of the molecule is CC/C=C\C/C=C\C/C=C\C/C=C\CCCCCCCCCCCCCCCCCCCCCCCCCCCCCCC(=O)NC(COP(=O)([O-])OCC[N+](C)(C)C)C(O)/C=C/CC/C=C/CC/C=C/CCCCCCCCCCCCCCCCC. The number of phosphoric acid groups is 1. The monoisotopic (exact) mass is 1250 g/mol. The van der Waals surface area contributed by atoms with E-state index in [0.717, 1.165) is 70.6 Å². The quantitative estimate of drug-likeness (QED) is 0.0272. The highest BCUT2D eigenvalue weighted by molar-refractivity contribution is 7.45. The number of hydrogen-bond acceptors (Lipinski definition) is 6. The summed E-state index contributed by atoms with van der Waals surface area (Å²) >= 11 is 0. The van der Waals surface area contributed by atoms with Gasteiger partial charge in [-0.25, -0.2) is 0 Å². The Bertz CT molecular complexity index is 1710. The van der Waals surface area contributed by atoms with Gasteiger partial charge in [-0.05, 0) is 83.5 Å². The number of carbonyl (C=O) groups excluding carboxylic acids is 1. The van der Waals surface area contributed by atoms with Gasteiger partial charge in [0.05, 0.1) is 39.9 Å². The number of carbonyl (C=O) groups is 1. The smallest absolute Gasteiger partial charge is 0.268 e. The summed E-state index contributed by atoms with van der Waals surface area (Å²) in [7, 11) is 1.25. The highest BCUT2D eigenvalue weighted by Gasteiger charge is 2.23. The predicted octanol–water partition coefficient (Wildman–Crippen LogP) is 24.0. The molecule has 0 aliphatic heterocycles. The van der Waals surface area contributed by atoms with Crippen molar-refractivity contribution < 1.29 is 32.9 Å². The normalized spacial score (nSPS) is 14.0. The number of allylic oxidation sites excluding steroid dienone is 13. The molecule has 0 aliphatic rings. The summed E-state index contributed by atoms with van der Waals surface area (Å²) in [5.41, 5.74) is 0. The van der Waals surface area contributed by atoms with E-state index in [4.69, 9.17) is 9.05 Å². The Kier molecular flexibility index (Phi) is 67.2. The molecule has 0 aliphatic carbocycles. The van der Waals surface area contributed by atoms with Gasteiger partial charge in [-0.3, -0.25) is 9.36 Å². The van der Waals surface area contributed by atoms with E-state index in [2.05, 4.69) is 92.1 Å². The molecule has 0 bridgehead atoms. The average molecular weight is 1250 g/mol. The summed E-state index contributed by atoms with van der Waals surface area (Å²) < 4.78 is 23.5. The molecular formula is C79H147N2O6P. The Hall–Kier alpha value is -2.32. The number of amides is 1. The second-order valence-electron chi connectivity index (χ2n) is 27.0. The minimum atomic E-state index is -4.62. The van der Waals surface area contributed by atoms with Crippen LogP contribution in [0.5, 0.6) is 0 Å². The lowest BCUT2D eigenvalue weighted by molar-refractivity contribution is -0.870. The van der Waals surface area contributed by atoms with Gasteiger partial charge in [-0.15, -0.1) is 0 Å². The van der Waals surface area contributed by atoms with Crippen LogP contribution in [0.25, 0.3) is 0 Å². The second kappa shape index (κ2) is 69.0. The van der Waals surface area contributed by atoms with E-state index in [1.807, 2.05) is 27.2 Å². The van der Waals surface area contributed by atoms with Crippen molar-refractivity contribution >= 4 is 13.7 Å². The van der Waals surface area contributed by atoms with Gasteiger partial charge in [-0.2, -0.15) is 0 Å². The van der Waals surface area contributed by atoms with Gasteiger partial charge < -0.3 is 28.8 Å². The average Bonchev–Trinajstić information content (AvgIpc) is 3.71. The molecule has 1 amide bonds. The number of rotatable bonds is 70. The second-order valence-corrected chi connectivity index (χ2v) is 28.4. The third-order valence-electron chi connectivity index (χ3n) is 17.1. The summed E-state index contributed by atoms with van der Waals surface area (Å²) in [5.74, 6) is -0.206. The Balaban J connectivity index is 3.97. The lowest BCUT2D eigenvalue weighted by Gasteiger charge is -2.29. The van der Waals surface area contributed by atoms with E-state index >= 15 is 0 Å². The van der Waals surface area contributed by atoms with E-state index < -0.39 is 26.6 Å². The number of likely N-dealkylation sites (N-methyl/N-ethyl adjacent to an activating group) is 1. The fourth-order valence-corrected chi connectivity index (χ4v) is 12.0. The molecule has 0 saturated heterocycles. The van der Waals surface area contributed by atoms with E-state index in [-0.39, 0.29) is 12.5 Å². The minimum absolute atomic E-state index is 0.00911. The fourth-order valence-electron chi connectivity index (χ4n) is 11.2. The number of aliphatic hydroxyl groups is 1. The van der Waals surface area contributed by atoms with Crippen molar-refractivity contribution in [3.05, 3.63) is 85.1 Å². The number of unbranched alkanes of at least 4 members (excludes halogenated alkanes) is 45. The third kappa shape index (κ3) is 71.1. The van der Waals surface area contributed by atoms with E-state index in [1.54, 1.807) is 6.08 Å². The van der Waals surface area contributed by atoms with Crippen molar-refractivity contribution in [3.8, 4) is 0 Å². The van der Waals surface area contributed by atoms with Gasteiger partial charge in [0, 0.05) is 6.42 Å². The zero-order chi connectivity index (χ0) is 64.1. The lowest BCUT2D eigenvalue weighted by atomic mass is 10.0. The van der Waals surface area contributed by atoms with Gasteiger partial charge in [-0.1, -0.05) is 356 Å². The van der Waals surface area contributed by atoms with Crippen LogP contribution in [0.4, 0.5) is 0 Å². The molecule has 0 saturated carbocycles. The third-order valence-corrected chi connectivity index (χ3v) is 18.0. The number of aliphatic hydroxyl groups excluding tert-OH is 1. The first-order valence-electron chi connectivity index (χ1n) is 37.9. The van der Waals surface area contributed by atoms with Crippen LogP contribution in [0.2, 0.25) is 0 Å². The predicted molar refractivity (Wildman–Crippen MR) is 385 cm³/mol. The number of nitrogens with zero attached hydrogens (tertiary/aromatic N) is 1. The number of phosphoric ester groups is 1. The van der Waals surface area contributed by atoms with Crippen LogP contribution >= 0.6 is 7.82 Å². The maximum absolute atomic E-state index is 13.1. The summed E-state index contributed by atoms with van der Waals surface area (Å²) in [6.07, 6.45) is 98.9. The summed E-state index contributed by atoms with van der Waals surface area (Å²) in [6, 6.07) is -0.913. The van der Waals surface area contributed by atoms with E-state index in [0.29, 0.717) is 17.4 Å². The van der Waals surface area contributed by atoms with Gasteiger partial charge >= 0.3 is 0 Å². The Labute approximate surface area is 547 Å². The van der Waals surface area contributed by atoms with E-state index in [9.17, 15) is 19.4 Å². The Morgan fingerprint density at radius 1 is 0.409 bits per heavy atom. The van der Waals surface area contributed by atoms with Crippen molar-refractivity contribution in [3.63, 3.8) is 0 Å². The first-order chi connectivity index (χ1) is 43.0. The van der Waals surface area contributed by atoms with Crippen LogP contribution in [-0.2, 0) is 18.4 Å². The molecule has 0 rings (SSSR count). The van der Waals surface area contributed by atoms with Crippen LogP contribution in [0.1, 0.15) is 361 Å². The molecule has 514 valence electrons. The maximum Gasteiger partial charge on any atom is 0.268 e. The van der Waals surface area contributed by atoms with Crippen LogP contribution < -0.4 is 10.2 Å². The summed E-state index contributed by atoms with van der Waals surface area (Å²) in [5, 5.41) is 13.9. The Morgan fingerprint density at radius 3 is 1.06 bits per heavy atom. The van der Waals surface area contributed by atoms with Gasteiger partial charge in [0.15, 0.2) is 0 Å². The van der Waals surface area contributed by atoms with Crippen molar-refractivity contribution in [2.24, 2.45) is 0 Å². The standard InChI is InChI=1S/C79H147N2O6P/c1-6-8-10-12-14-16-18-20-22-24-26-28-30-32-33-34-35-36-37-38-39-40-41-42-43-44-45-46-47-49-51-53-55-57-59-61-63-65-67-69-71-73-79(83)80-77(76-87-88(84,85)86-75-74-81(3,4)5)78(82)72-70-68-66-64-62-60-58-56-54-52-50-48-31-29-27-25-23-21-19-17-15-13-11-9-7-2/h8,10,14,16,20,22,26,28,54,56,62,64,70,72,77-78,82H,6-7,9,11-13,15,17-19,21,23-25,27,29-53,55,57-61,63,65-69,71,73-76H2,1-5H3,(H-,80,83,84,85)/b10-8-,16-14-,22-20-,28-26-,56-54+,64-62+,72-70+. The minimum Gasteiger partial charge on any atom is -0.756 e. The molecule has 3 unspecified atom stereocenters. The van der Waals surface area contributed by atoms with Gasteiger partial charge in [0.25, 0.3) is 7.82 Å². The largest absolute Gasteiger partial charge is 0.756 e. The molecule has 0 fully saturated rings. The summed E-state index contributed by atoms with van der Waals surface area (Å²) in [6.45, 7) is 4.55. The van der Waals surface area contributed by atoms with E-state index in [1.165, 1.54) is 270 Å². The Morgan fingerprint density at radius 2 is 0.705 bits per heavy atom. The van der Waals surface area contributed by atoms with Crippen LogP contribution in [0.15, 0.2) is 85.1 Å². The zero-order valence-corrected chi connectivity index (χ0v) is 59.8. The number of nitrogens with one attached hydrogen (secondary N) is 1. The highest BCUT2D eigenvalue weighted by Crippen LogP contribution is 2.38. The molecular weight excluding hydrogens is 1100 g/mol. The van der Waals surface area contributed by atoms with Crippen molar-refractivity contribution in [2.45, 2.75) is 373 Å². The molecule has 0 aromatic rings. The molecule has 88 heavy (non-hydrogen) atoms. The molecule has 8 nitrogen and oxygen atoms in total. The summed E-state index contributed by atoms with van der Waals surface area (Å²) in [4.78, 5) is 25.7. The van der Waals surface area contributed by atoms with Crippen LogP contribution in [-0.4, -0.2) is 68.5 Å². The highest BCUT2D eigenvalue weighted by atomic mass is 31.2. The topological polar surface area (TPSA) is 108 Å². The van der Waals surface area contributed by atoms with Crippen LogP contribution in [0.3, 0.4) is 0 Å². The molecule has 0 radical (unpaired) electrons. The molecule has 0 heterocycles. The van der Waals surface area contributed by atoms with Crippen molar-refractivity contribution in [1.82, 2.24) is 5.32 Å².